The van der Waals surface area contributed by atoms with Crippen LogP contribution in [-0.4, -0.2) is 62.1 Å². The zero-order valence-corrected chi connectivity index (χ0v) is 17.7. The van der Waals surface area contributed by atoms with E-state index in [9.17, 15) is 14.4 Å². The van der Waals surface area contributed by atoms with Crippen LogP contribution in [0.4, 0.5) is 0 Å². The van der Waals surface area contributed by atoms with Crippen molar-refractivity contribution in [2.45, 2.75) is 32.2 Å². The SMILES string of the molecule is CCSCC(=O)N[C@H]1CCCCNC(=O)c2ccc(OC)cc2OCCNC1=O. The summed E-state index contributed by atoms with van der Waals surface area (Å²) < 4.78 is 10.9. The lowest BCUT2D eigenvalue weighted by atomic mass is 10.1. The molecule has 0 unspecified atom stereocenters. The van der Waals surface area contributed by atoms with Crippen molar-refractivity contribution in [1.29, 1.82) is 0 Å². The van der Waals surface area contributed by atoms with Gasteiger partial charge in [-0.25, -0.2) is 0 Å². The number of carbonyl (C=O) groups excluding carboxylic acids is 3. The number of hydrogen-bond donors (Lipinski definition) is 3. The molecule has 0 saturated carbocycles. The Hall–Kier alpha value is -2.42. The van der Waals surface area contributed by atoms with E-state index in [-0.39, 0.29) is 30.9 Å². The van der Waals surface area contributed by atoms with Gasteiger partial charge in [-0.1, -0.05) is 6.92 Å². The summed E-state index contributed by atoms with van der Waals surface area (Å²) in [6.45, 7) is 2.89. The Labute approximate surface area is 175 Å². The van der Waals surface area contributed by atoms with Gasteiger partial charge in [0.15, 0.2) is 0 Å². The molecular formula is C20H29N3O5S. The van der Waals surface area contributed by atoms with Crippen molar-refractivity contribution in [2.24, 2.45) is 0 Å². The van der Waals surface area contributed by atoms with Crippen molar-refractivity contribution >= 4 is 29.5 Å². The summed E-state index contributed by atoms with van der Waals surface area (Å²) in [6, 6.07) is 4.42. The summed E-state index contributed by atoms with van der Waals surface area (Å²) >= 11 is 1.51. The van der Waals surface area contributed by atoms with Crippen LogP contribution in [0.15, 0.2) is 18.2 Å². The zero-order valence-electron chi connectivity index (χ0n) is 16.9. The van der Waals surface area contributed by atoms with Gasteiger partial charge < -0.3 is 25.4 Å². The molecule has 1 aromatic carbocycles. The first kappa shape index (κ1) is 22.9. The van der Waals surface area contributed by atoms with Crippen molar-refractivity contribution < 1.29 is 23.9 Å². The first-order valence-corrected chi connectivity index (χ1v) is 10.9. The molecule has 1 aromatic rings. The predicted molar refractivity (Wildman–Crippen MR) is 113 cm³/mol. The van der Waals surface area contributed by atoms with Gasteiger partial charge in [0.1, 0.15) is 24.1 Å². The van der Waals surface area contributed by atoms with Crippen LogP contribution in [0.3, 0.4) is 0 Å². The molecule has 0 spiro atoms. The topological polar surface area (TPSA) is 106 Å². The Bertz CT molecular complexity index is 713. The summed E-state index contributed by atoms with van der Waals surface area (Å²) in [4.78, 5) is 37.0. The molecule has 1 aliphatic heterocycles. The van der Waals surface area contributed by atoms with Gasteiger partial charge in [-0.05, 0) is 37.1 Å². The maximum absolute atomic E-state index is 12.5. The average Bonchev–Trinajstić information content (AvgIpc) is 2.73. The van der Waals surface area contributed by atoms with Crippen LogP contribution in [-0.2, 0) is 9.59 Å². The Kier molecular flexibility index (Phi) is 9.63. The third-order valence-corrected chi connectivity index (χ3v) is 5.26. The van der Waals surface area contributed by atoms with Crippen LogP contribution >= 0.6 is 11.8 Å². The van der Waals surface area contributed by atoms with E-state index in [1.807, 2.05) is 6.92 Å². The number of nitrogens with one attached hydrogen (secondary N) is 3. The second kappa shape index (κ2) is 12.2. The van der Waals surface area contributed by atoms with Gasteiger partial charge in [-0.3, -0.25) is 14.4 Å². The van der Waals surface area contributed by atoms with Gasteiger partial charge in [0.2, 0.25) is 11.8 Å². The van der Waals surface area contributed by atoms with E-state index in [1.165, 1.54) is 11.8 Å². The minimum atomic E-state index is -0.592. The van der Waals surface area contributed by atoms with Crippen molar-refractivity contribution in [2.75, 3.05) is 38.3 Å². The Morgan fingerprint density at radius 1 is 1.28 bits per heavy atom. The summed E-state index contributed by atoms with van der Waals surface area (Å²) in [7, 11) is 1.54. The zero-order chi connectivity index (χ0) is 21.1. The summed E-state index contributed by atoms with van der Waals surface area (Å²) in [5.74, 6) is 1.55. The fraction of sp³-hybridized carbons (Fsp3) is 0.550. The minimum Gasteiger partial charge on any atom is -0.497 e. The average molecular weight is 424 g/mol. The molecule has 0 fully saturated rings. The van der Waals surface area contributed by atoms with E-state index in [4.69, 9.17) is 9.47 Å². The normalized spacial score (nSPS) is 18.3. The lowest BCUT2D eigenvalue weighted by molar-refractivity contribution is -0.128. The number of benzene rings is 1. The monoisotopic (exact) mass is 423 g/mol. The number of rotatable bonds is 5. The lowest BCUT2D eigenvalue weighted by Gasteiger charge is -2.20. The van der Waals surface area contributed by atoms with E-state index in [2.05, 4.69) is 16.0 Å². The molecule has 0 bridgehead atoms. The maximum Gasteiger partial charge on any atom is 0.255 e. The molecule has 1 atom stereocenters. The molecule has 29 heavy (non-hydrogen) atoms. The van der Waals surface area contributed by atoms with Gasteiger partial charge in [0.05, 0.1) is 25.0 Å². The van der Waals surface area contributed by atoms with Gasteiger partial charge in [0.25, 0.3) is 5.91 Å². The third-order valence-electron chi connectivity index (χ3n) is 4.39. The van der Waals surface area contributed by atoms with Crippen LogP contribution in [0.1, 0.15) is 36.5 Å². The van der Waals surface area contributed by atoms with Crippen LogP contribution < -0.4 is 25.4 Å². The lowest BCUT2D eigenvalue weighted by Crippen LogP contribution is -2.48. The van der Waals surface area contributed by atoms with Crippen LogP contribution in [0.25, 0.3) is 0 Å². The molecule has 160 valence electrons. The van der Waals surface area contributed by atoms with Crippen molar-refractivity contribution in [1.82, 2.24) is 16.0 Å². The highest BCUT2D eigenvalue weighted by Crippen LogP contribution is 2.25. The Morgan fingerprint density at radius 2 is 2.10 bits per heavy atom. The number of amides is 3. The Balaban J connectivity index is 2.05. The molecule has 3 amide bonds. The first-order valence-electron chi connectivity index (χ1n) is 9.79. The van der Waals surface area contributed by atoms with Crippen molar-refractivity contribution in [3.05, 3.63) is 23.8 Å². The molecule has 0 radical (unpaired) electrons. The summed E-state index contributed by atoms with van der Waals surface area (Å²) in [5, 5.41) is 8.48. The van der Waals surface area contributed by atoms with Crippen LogP contribution in [0, 0.1) is 0 Å². The van der Waals surface area contributed by atoms with E-state index >= 15 is 0 Å². The number of fused-ring (bicyclic) bond motifs is 1. The number of thioether (sulfide) groups is 1. The smallest absolute Gasteiger partial charge is 0.255 e. The second-order valence-electron chi connectivity index (χ2n) is 6.51. The molecule has 1 aliphatic rings. The van der Waals surface area contributed by atoms with E-state index in [0.717, 1.165) is 5.75 Å². The molecule has 9 heteroatoms. The summed E-state index contributed by atoms with van der Waals surface area (Å²) in [5.41, 5.74) is 0.424. The second-order valence-corrected chi connectivity index (χ2v) is 7.78. The number of ether oxygens (including phenoxy) is 2. The predicted octanol–water partition coefficient (Wildman–Crippen LogP) is 1.34. The largest absolute Gasteiger partial charge is 0.497 e. The van der Waals surface area contributed by atoms with Crippen molar-refractivity contribution in [3.8, 4) is 11.5 Å². The highest BCUT2D eigenvalue weighted by atomic mass is 32.2. The van der Waals surface area contributed by atoms with Gasteiger partial charge in [0, 0.05) is 12.6 Å². The first-order chi connectivity index (χ1) is 14.0. The fourth-order valence-corrected chi connectivity index (χ4v) is 3.34. The van der Waals surface area contributed by atoms with Gasteiger partial charge in [-0.2, -0.15) is 11.8 Å². The van der Waals surface area contributed by atoms with Crippen LogP contribution in [0.2, 0.25) is 0 Å². The molecule has 0 aromatic heterocycles. The molecule has 8 nitrogen and oxygen atoms in total. The molecule has 0 saturated heterocycles. The van der Waals surface area contributed by atoms with Gasteiger partial charge in [-0.15, -0.1) is 0 Å². The number of methoxy groups -OCH3 is 1. The summed E-state index contributed by atoms with van der Waals surface area (Å²) in [6.07, 6.45) is 1.91. The van der Waals surface area contributed by atoms with Crippen LogP contribution in [0.5, 0.6) is 11.5 Å². The third kappa shape index (κ3) is 7.49. The van der Waals surface area contributed by atoms with Gasteiger partial charge >= 0.3 is 0 Å². The molecule has 1 heterocycles. The number of hydrogen-bond acceptors (Lipinski definition) is 6. The maximum atomic E-state index is 12.5. The van der Waals surface area contributed by atoms with E-state index < -0.39 is 6.04 Å². The molecular weight excluding hydrogens is 394 g/mol. The van der Waals surface area contributed by atoms with E-state index in [1.54, 1.807) is 25.3 Å². The fourth-order valence-electron chi connectivity index (χ4n) is 2.87. The highest BCUT2D eigenvalue weighted by molar-refractivity contribution is 7.99. The Morgan fingerprint density at radius 3 is 2.86 bits per heavy atom. The number of carbonyl (C=O) groups is 3. The highest BCUT2D eigenvalue weighted by Gasteiger charge is 2.21. The van der Waals surface area contributed by atoms with E-state index in [0.29, 0.717) is 48.6 Å². The minimum absolute atomic E-state index is 0.149. The molecule has 3 N–H and O–H groups in total. The quantitative estimate of drug-likeness (QED) is 0.660. The standard InChI is InChI=1S/C20H29N3O5S/c1-3-29-13-18(24)23-16-6-4-5-9-21-19(25)15-8-7-14(27-2)12-17(15)28-11-10-22-20(16)26/h7-8,12,16H,3-6,9-11,13H2,1-2H3,(H,21,25)(H,22,26)(H,23,24)/t16-/m0/s1. The molecule has 2 rings (SSSR count). The molecule has 0 aliphatic carbocycles. The van der Waals surface area contributed by atoms with Crippen molar-refractivity contribution in [3.63, 3.8) is 0 Å².